The summed E-state index contributed by atoms with van der Waals surface area (Å²) >= 11 is 1.19. The zero-order chi connectivity index (χ0) is 9.84. The fourth-order valence-corrected chi connectivity index (χ4v) is 1.62. The van der Waals surface area contributed by atoms with E-state index in [0.29, 0.717) is 10.7 Å². The quantitative estimate of drug-likeness (QED) is 0.739. The molecule has 4 nitrogen and oxygen atoms in total. The minimum Gasteiger partial charge on any atom is -0.385 e. The van der Waals surface area contributed by atoms with Gasteiger partial charge in [0.25, 0.3) is 0 Å². The van der Waals surface area contributed by atoms with Crippen LogP contribution < -0.4 is 0 Å². The Balaban J connectivity index is 2.80. The van der Waals surface area contributed by atoms with Crippen LogP contribution in [0.2, 0.25) is 0 Å². The third-order valence-electron chi connectivity index (χ3n) is 1.45. The molecule has 68 valence electrons. The monoisotopic (exact) mass is 196 g/mol. The van der Waals surface area contributed by atoms with Crippen LogP contribution in [0.1, 0.15) is 34.9 Å². The van der Waals surface area contributed by atoms with E-state index >= 15 is 0 Å². The summed E-state index contributed by atoms with van der Waals surface area (Å²) in [6.45, 7) is 1.41. The van der Waals surface area contributed by atoms with E-state index < -0.39 is 6.10 Å². The molecule has 0 bridgehead atoms. The molecule has 0 amide bonds. The summed E-state index contributed by atoms with van der Waals surface area (Å²) < 4.78 is 0. The van der Waals surface area contributed by atoms with E-state index in [2.05, 4.69) is 4.98 Å². The van der Waals surface area contributed by atoms with Crippen LogP contribution >= 0.6 is 11.3 Å². The van der Waals surface area contributed by atoms with Gasteiger partial charge in [-0.2, -0.15) is 5.26 Å². The van der Waals surface area contributed by atoms with Crippen molar-refractivity contribution in [3.8, 4) is 6.07 Å². The molecule has 0 saturated heterocycles. The van der Waals surface area contributed by atoms with Crippen molar-refractivity contribution in [3.63, 3.8) is 0 Å². The van der Waals surface area contributed by atoms with Crippen molar-refractivity contribution in [2.45, 2.75) is 19.4 Å². The van der Waals surface area contributed by atoms with Crippen molar-refractivity contribution in [1.29, 1.82) is 5.26 Å². The molecule has 0 aliphatic heterocycles. The van der Waals surface area contributed by atoms with Crippen LogP contribution in [0.3, 0.4) is 0 Å². The Morgan fingerprint density at radius 2 is 2.62 bits per heavy atom. The number of aliphatic hydroxyl groups is 1. The molecule has 0 aliphatic carbocycles. The first-order chi connectivity index (χ1) is 6.15. The van der Waals surface area contributed by atoms with Gasteiger partial charge in [0.05, 0.1) is 12.5 Å². The van der Waals surface area contributed by atoms with E-state index in [-0.39, 0.29) is 12.2 Å². The Morgan fingerprint density at radius 1 is 1.92 bits per heavy atom. The summed E-state index contributed by atoms with van der Waals surface area (Å²) in [5, 5.41) is 19.6. The molecule has 1 heterocycles. The molecular weight excluding hydrogens is 188 g/mol. The van der Waals surface area contributed by atoms with Crippen molar-refractivity contribution in [2.24, 2.45) is 0 Å². The molecule has 1 rings (SSSR count). The number of carbonyl (C=O) groups excluding carboxylic acids is 1. The zero-order valence-corrected chi connectivity index (χ0v) is 7.84. The van der Waals surface area contributed by atoms with Gasteiger partial charge in [0.15, 0.2) is 5.78 Å². The van der Waals surface area contributed by atoms with Crippen LogP contribution in [0, 0.1) is 11.3 Å². The topological polar surface area (TPSA) is 74.0 Å². The Morgan fingerprint density at radius 3 is 3.08 bits per heavy atom. The summed E-state index contributed by atoms with van der Waals surface area (Å²) in [4.78, 5) is 14.7. The molecular formula is C8H8N2O2S. The van der Waals surface area contributed by atoms with Crippen molar-refractivity contribution in [3.05, 3.63) is 16.1 Å². The van der Waals surface area contributed by atoms with E-state index in [0.717, 1.165) is 0 Å². The number of nitriles is 1. The average Bonchev–Trinajstić information content (AvgIpc) is 2.52. The summed E-state index contributed by atoms with van der Waals surface area (Å²) in [6, 6.07) is 1.84. The minimum absolute atomic E-state index is 0.00482. The maximum atomic E-state index is 10.8. The second-order valence-electron chi connectivity index (χ2n) is 2.51. The standard InChI is InChI=1S/C8H8N2O2S/c1-5(11)6-4-13-8(10-6)7(12)2-3-9/h4,7,12H,2H2,1H3. The van der Waals surface area contributed by atoms with Gasteiger partial charge in [0, 0.05) is 12.3 Å². The first-order valence-electron chi connectivity index (χ1n) is 3.66. The Bertz CT molecular complexity index is 353. The largest absolute Gasteiger partial charge is 0.385 e. The Labute approximate surface area is 79.5 Å². The van der Waals surface area contributed by atoms with Gasteiger partial charge >= 0.3 is 0 Å². The van der Waals surface area contributed by atoms with Crippen LogP contribution in [-0.4, -0.2) is 15.9 Å². The SMILES string of the molecule is CC(=O)c1csc(C(O)CC#N)n1. The molecule has 1 unspecified atom stereocenters. The van der Waals surface area contributed by atoms with Gasteiger partial charge in [-0.05, 0) is 0 Å². The molecule has 13 heavy (non-hydrogen) atoms. The molecule has 1 N–H and O–H groups in total. The van der Waals surface area contributed by atoms with Crippen molar-refractivity contribution in [1.82, 2.24) is 4.98 Å². The van der Waals surface area contributed by atoms with Crippen LogP contribution in [0.15, 0.2) is 5.38 Å². The fraction of sp³-hybridized carbons (Fsp3) is 0.375. The third-order valence-corrected chi connectivity index (χ3v) is 2.40. The lowest BCUT2D eigenvalue weighted by molar-refractivity contribution is 0.101. The summed E-state index contributed by atoms with van der Waals surface area (Å²) in [5.74, 6) is -0.133. The Kier molecular flexibility index (Phi) is 3.12. The first-order valence-corrected chi connectivity index (χ1v) is 4.54. The van der Waals surface area contributed by atoms with E-state index in [1.807, 2.05) is 6.07 Å². The lowest BCUT2D eigenvalue weighted by atomic mass is 10.3. The number of nitrogens with zero attached hydrogens (tertiary/aromatic N) is 2. The number of aliphatic hydroxyl groups excluding tert-OH is 1. The molecule has 0 spiro atoms. The molecule has 0 radical (unpaired) electrons. The summed E-state index contributed by atoms with van der Waals surface area (Å²) in [6.07, 6.45) is -0.867. The number of carbonyl (C=O) groups is 1. The predicted octanol–water partition coefficient (Wildman–Crippen LogP) is 1.29. The van der Waals surface area contributed by atoms with Crippen LogP contribution in [0.5, 0.6) is 0 Å². The van der Waals surface area contributed by atoms with Gasteiger partial charge < -0.3 is 5.11 Å². The van der Waals surface area contributed by atoms with Crippen LogP contribution in [0.25, 0.3) is 0 Å². The highest BCUT2D eigenvalue weighted by molar-refractivity contribution is 7.09. The van der Waals surface area contributed by atoms with Crippen LogP contribution in [-0.2, 0) is 0 Å². The van der Waals surface area contributed by atoms with Gasteiger partial charge in [-0.25, -0.2) is 4.98 Å². The maximum Gasteiger partial charge on any atom is 0.178 e. The molecule has 0 aliphatic rings. The minimum atomic E-state index is -0.872. The lowest BCUT2D eigenvalue weighted by Crippen LogP contribution is -1.97. The molecule has 1 atom stereocenters. The van der Waals surface area contributed by atoms with Crippen molar-refractivity contribution >= 4 is 17.1 Å². The second-order valence-corrected chi connectivity index (χ2v) is 3.39. The molecule has 0 saturated carbocycles. The highest BCUT2D eigenvalue weighted by Crippen LogP contribution is 2.20. The number of rotatable bonds is 3. The molecule has 1 aromatic heterocycles. The molecule has 1 aromatic rings. The zero-order valence-electron chi connectivity index (χ0n) is 7.02. The highest BCUT2D eigenvalue weighted by Gasteiger charge is 2.13. The maximum absolute atomic E-state index is 10.8. The number of Topliss-reactive ketones (excluding diaryl/α,β-unsaturated/α-hetero) is 1. The number of thiazole rings is 1. The Hall–Kier alpha value is -1.25. The fourth-order valence-electron chi connectivity index (χ4n) is 0.776. The average molecular weight is 196 g/mol. The van der Waals surface area contributed by atoms with Gasteiger partial charge in [-0.1, -0.05) is 0 Å². The molecule has 5 heteroatoms. The van der Waals surface area contributed by atoms with E-state index in [4.69, 9.17) is 5.26 Å². The van der Waals surface area contributed by atoms with Crippen molar-refractivity contribution in [2.75, 3.05) is 0 Å². The van der Waals surface area contributed by atoms with Gasteiger partial charge in [-0.3, -0.25) is 4.79 Å². The first kappa shape index (κ1) is 9.84. The summed E-state index contributed by atoms with van der Waals surface area (Å²) in [5.41, 5.74) is 0.344. The number of aromatic nitrogens is 1. The highest BCUT2D eigenvalue weighted by atomic mass is 32.1. The van der Waals surface area contributed by atoms with Gasteiger partial charge in [-0.15, -0.1) is 11.3 Å². The van der Waals surface area contributed by atoms with E-state index in [1.165, 1.54) is 18.3 Å². The van der Waals surface area contributed by atoms with Gasteiger partial charge in [0.1, 0.15) is 16.8 Å². The number of hydrogen-bond donors (Lipinski definition) is 1. The second kappa shape index (κ2) is 4.12. The smallest absolute Gasteiger partial charge is 0.178 e. The normalized spacial score (nSPS) is 12.1. The molecule has 0 fully saturated rings. The van der Waals surface area contributed by atoms with Crippen molar-refractivity contribution < 1.29 is 9.90 Å². The number of ketones is 1. The van der Waals surface area contributed by atoms with E-state index in [9.17, 15) is 9.90 Å². The third kappa shape index (κ3) is 2.34. The number of hydrogen-bond acceptors (Lipinski definition) is 5. The van der Waals surface area contributed by atoms with E-state index in [1.54, 1.807) is 5.38 Å². The predicted molar refractivity (Wildman–Crippen MR) is 47.3 cm³/mol. The summed E-state index contributed by atoms with van der Waals surface area (Å²) in [7, 11) is 0. The molecule has 0 aromatic carbocycles. The van der Waals surface area contributed by atoms with Crippen LogP contribution in [0.4, 0.5) is 0 Å². The van der Waals surface area contributed by atoms with Gasteiger partial charge in [0.2, 0.25) is 0 Å². The lowest BCUT2D eigenvalue weighted by Gasteiger charge is -1.98.